The van der Waals surface area contributed by atoms with Gasteiger partial charge in [-0.1, -0.05) is 28.1 Å². The van der Waals surface area contributed by atoms with Gasteiger partial charge in [-0.2, -0.15) is 5.10 Å². The number of esters is 4. The van der Waals surface area contributed by atoms with E-state index in [0.29, 0.717) is 0 Å². The van der Waals surface area contributed by atoms with Crippen LogP contribution in [0.5, 0.6) is 0 Å². The standard InChI is InChI=1S/C22H26BrN3O9S/c1-11(27)31-10-17-18(32-12(2)28)19(33-13(3)29)20(34-14(4)30)21(35-17)25-22(36)26-24-9-15-5-7-16(23)8-6-15/h5-9,17-21H,10H2,1-4H3,(H2,25,26,36)/b24-9+/t17-,18+,19+,20-,21-/m1/s1. The summed E-state index contributed by atoms with van der Waals surface area (Å²) in [6, 6.07) is 7.33. The average molecular weight is 588 g/mol. The third kappa shape index (κ3) is 9.51. The summed E-state index contributed by atoms with van der Waals surface area (Å²) in [5.41, 5.74) is 3.40. The van der Waals surface area contributed by atoms with Gasteiger partial charge in [0.05, 0.1) is 6.21 Å². The van der Waals surface area contributed by atoms with Gasteiger partial charge in [-0.15, -0.1) is 0 Å². The maximum absolute atomic E-state index is 11.9. The van der Waals surface area contributed by atoms with Crippen molar-refractivity contribution in [1.82, 2.24) is 10.7 Å². The fraction of sp³-hybridized carbons (Fsp3) is 0.455. The van der Waals surface area contributed by atoms with Gasteiger partial charge in [-0.05, 0) is 29.9 Å². The highest BCUT2D eigenvalue weighted by Crippen LogP contribution is 2.28. The van der Waals surface area contributed by atoms with Gasteiger partial charge >= 0.3 is 23.9 Å². The Kier molecular flexibility index (Phi) is 11.2. The van der Waals surface area contributed by atoms with E-state index in [-0.39, 0.29) is 11.7 Å². The van der Waals surface area contributed by atoms with Crippen LogP contribution in [-0.2, 0) is 42.9 Å². The molecule has 1 aromatic rings. The van der Waals surface area contributed by atoms with Gasteiger partial charge < -0.3 is 29.0 Å². The Hall–Kier alpha value is -3.10. The van der Waals surface area contributed by atoms with E-state index >= 15 is 0 Å². The third-order valence-electron chi connectivity index (χ3n) is 4.51. The van der Waals surface area contributed by atoms with Crippen LogP contribution in [0.1, 0.15) is 33.3 Å². The molecule has 36 heavy (non-hydrogen) atoms. The second kappa shape index (κ2) is 13.8. The lowest BCUT2D eigenvalue weighted by Gasteiger charge is -2.44. The van der Waals surface area contributed by atoms with Crippen molar-refractivity contribution in [3.05, 3.63) is 34.3 Å². The molecule has 5 atom stereocenters. The number of carbonyl (C=O) groups excluding carboxylic acids is 4. The van der Waals surface area contributed by atoms with Gasteiger partial charge in [0, 0.05) is 32.2 Å². The Morgan fingerprint density at radius 2 is 1.50 bits per heavy atom. The molecule has 1 fully saturated rings. The van der Waals surface area contributed by atoms with Crippen LogP contribution < -0.4 is 10.7 Å². The average Bonchev–Trinajstić information content (AvgIpc) is 2.77. The molecule has 0 aliphatic carbocycles. The molecule has 1 saturated heterocycles. The molecule has 0 saturated carbocycles. The minimum atomic E-state index is -1.31. The Morgan fingerprint density at radius 3 is 2.06 bits per heavy atom. The van der Waals surface area contributed by atoms with Crippen molar-refractivity contribution in [2.24, 2.45) is 5.10 Å². The van der Waals surface area contributed by atoms with Gasteiger partial charge in [0.2, 0.25) is 0 Å². The number of hydrogen-bond acceptors (Lipinski definition) is 11. The highest BCUT2D eigenvalue weighted by atomic mass is 79.9. The molecule has 0 radical (unpaired) electrons. The quantitative estimate of drug-likeness (QED) is 0.148. The van der Waals surface area contributed by atoms with Crippen molar-refractivity contribution in [3.8, 4) is 0 Å². The Balaban J connectivity index is 2.27. The first-order valence-electron chi connectivity index (χ1n) is 10.6. The lowest BCUT2D eigenvalue weighted by atomic mass is 9.97. The van der Waals surface area contributed by atoms with E-state index in [4.69, 9.17) is 35.9 Å². The molecule has 0 unspecified atom stereocenters. The van der Waals surface area contributed by atoms with E-state index in [2.05, 4.69) is 31.8 Å². The molecule has 14 heteroatoms. The fourth-order valence-electron chi connectivity index (χ4n) is 3.22. The Morgan fingerprint density at radius 1 is 0.944 bits per heavy atom. The summed E-state index contributed by atoms with van der Waals surface area (Å²) in [4.78, 5) is 46.9. The normalized spacial score (nSPS) is 23.3. The van der Waals surface area contributed by atoms with Gasteiger partial charge in [-0.25, -0.2) is 0 Å². The smallest absolute Gasteiger partial charge is 0.303 e. The van der Waals surface area contributed by atoms with Crippen molar-refractivity contribution in [2.45, 2.75) is 58.3 Å². The minimum Gasteiger partial charge on any atom is -0.463 e. The maximum atomic E-state index is 11.9. The lowest BCUT2D eigenvalue weighted by molar-refractivity contribution is -0.254. The van der Waals surface area contributed by atoms with Crippen LogP contribution in [0.25, 0.3) is 0 Å². The molecule has 0 amide bonds. The summed E-state index contributed by atoms with van der Waals surface area (Å²) in [6.07, 6.45) is -4.64. The Labute approximate surface area is 221 Å². The zero-order valence-electron chi connectivity index (χ0n) is 19.9. The van der Waals surface area contributed by atoms with E-state index in [1.54, 1.807) is 0 Å². The van der Waals surface area contributed by atoms with Crippen molar-refractivity contribution in [2.75, 3.05) is 6.61 Å². The second-order valence-electron chi connectivity index (χ2n) is 7.51. The van der Waals surface area contributed by atoms with E-state index in [0.717, 1.165) is 30.8 Å². The van der Waals surface area contributed by atoms with Crippen LogP contribution >= 0.6 is 28.1 Å². The summed E-state index contributed by atoms with van der Waals surface area (Å²) in [7, 11) is 0. The molecular weight excluding hydrogens is 562 g/mol. The van der Waals surface area contributed by atoms with Crippen molar-refractivity contribution < 1.29 is 42.9 Å². The van der Waals surface area contributed by atoms with E-state index in [1.165, 1.54) is 13.1 Å². The molecule has 1 aliphatic rings. The fourth-order valence-corrected chi connectivity index (χ4v) is 3.65. The largest absolute Gasteiger partial charge is 0.463 e. The monoisotopic (exact) mass is 587 g/mol. The third-order valence-corrected chi connectivity index (χ3v) is 5.25. The number of hydrazone groups is 1. The molecular formula is C22H26BrN3O9S. The number of nitrogens with zero attached hydrogens (tertiary/aromatic N) is 1. The van der Waals surface area contributed by atoms with Gasteiger partial charge in [0.15, 0.2) is 29.7 Å². The van der Waals surface area contributed by atoms with Crippen LogP contribution in [0.3, 0.4) is 0 Å². The zero-order valence-corrected chi connectivity index (χ0v) is 22.3. The first kappa shape index (κ1) is 29.1. The molecule has 2 rings (SSSR count). The summed E-state index contributed by atoms with van der Waals surface area (Å²) >= 11 is 8.61. The number of benzene rings is 1. The summed E-state index contributed by atoms with van der Waals surface area (Å²) < 4.78 is 27.9. The number of ether oxygens (including phenoxy) is 5. The molecule has 0 aromatic heterocycles. The molecule has 1 heterocycles. The van der Waals surface area contributed by atoms with Crippen molar-refractivity contribution in [1.29, 1.82) is 0 Å². The number of thiocarbonyl (C=S) groups is 1. The summed E-state index contributed by atoms with van der Waals surface area (Å²) in [6.45, 7) is 4.26. The molecule has 196 valence electrons. The predicted octanol–water partition coefficient (Wildman–Crippen LogP) is 1.33. The van der Waals surface area contributed by atoms with Crippen LogP contribution in [0, 0.1) is 0 Å². The number of carbonyl (C=O) groups is 4. The number of halogens is 1. The minimum absolute atomic E-state index is 0.0238. The highest BCUT2D eigenvalue weighted by Gasteiger charge is 2.52. The molecule has 0 spiro atoms. The van der Waals surface area contributed by atoms with Crippen LogP contribution in [-0.4, -0.2) is 72.5 Å². The number of rotatable bonds is 8. The lowest BCUT2D eigenvalue weighted by Crippen LogP contribution is -2.66. The van der Waals surface area contributed by atoms with E-state index < -0.39 is 54.5 Å². The van der Waals surface area contributed by atoms with E-state index in [9.17, 15) is 19.2 Å². The molecule has 0 bridgehead atoms. The molecule has 2 N–H and O–H groups in total. The van der Waals surface area contributed by atoms with Gasteiger partial charge in [-0.3, -0.25) is 24.6 Å². The van der Waals surface area contributed by atoms with E-state index in [1.807, 2.05) is 24.3 Å². The van der Waals surface area contributed by atoms with Crippen LogP contribution in [0.4, 0.5) is 0 Å². The first-order chi connectivity index (χ1) is 17.0. The summed E-state index contributed by atoms with van der Waals surface area (Å²) in [5.74, 6) is -2.79. The van der Waals surface area contributed by atoms with Crippen LogP contribution in [0.15, 0.2) is 33.8 Å². The van der Waals surface area contributed by atoms with Gasteiger partial charge in [0.25, 0.3) is 0 Å². The van der Waals surface area contributed by atoms with Crippen molar-refractivity contribution in [3.63, 3.8) is 0 Å². The van der Waals surface area contributed by atoms with Crippen LogP contribution in [0.2, 0.25) is 0 Å². The molecule has 1 aliphatic heterocycles. The van der Waals surface area contributed by atoms with Crippen molar-refractivity contribution >= 4 is 63.4 Å². The highest BCUT2D eigenvalue weighted by molar-refractivity contribution is 9.10. The van der Waals surface area contributed by atoms with Gasteiger partial charge in [0.1, 0.15) is 12.7 Å². The SMILES string of the molecule is CC(=O)OC[C@H]1O[C@@H](NC(=S)N/N=C/c2ccc(Br)cc2)[C@H](OC(C)=O)[C@@H](OC(C)=O)[C@H]1OC(C)=O. The molecule has 1 aromatic carbocycles. The Bertz CT molecular complexity index is 1000. The number of nitrogens with one attached hydrogen (secondary N) is 2. The topological polar surface area (TPSA) is 151 Å². The second-order valence-corrected chi connectivity index (χ2v) is 8.84. The summed E-state index contributed by atoms with van der Waals surface area (Å²) in [5, 5.41) is 6.81. The molecule has 12 nitrogen and oxygen atoms in total. The first-order valence-corrected chi connectivity index (χ1v) is 11.8. The maximum Gasteiger partial charge on any atom is 0.303 e. The zero-order chi connectivity index (χ0) is 26.8. The predicted molar refractivity (Wildman–Crippen MR) is 133 cm³/mol. The number of hydrogen-bond donors (Lipinski definition) is 2.